The van der Waals surface area contributed by atoms with Gasteiger partial charge in [0.25, 0.3) is 0 Å². The summed E-state index contributed by atoms with van der Waals surface area (Å²) in [6.45, 7) is 2.38. The first-order chi connectivity index (χ1) is 8.93. The van der Waals surface area contributed by atoms with Gasteiger partial charge in [-0.05, 0) is 31.9 Å². The van der Waals surface area contributed by atoms with Crippen molar-refractivity contribution >= 4 is 12.0 Å². The molecule has 104 valence electrons. The maximum Gasteiger partial charge on any atom is 0.317 e. The van der Waals surface area contributed by atoms with E-state index in [4.69, 9.17) is 9.52 Å². The van der Waals surface area contributed by atoms with Crippen molar-refractivity contribution in [1.82, 2.24) is 10.2 Å². The third-order valence-electron chi connectivity index (χ3n) is 3.42. The lowest BCUT2D eigenvalue weighted by Gasteiger charge is -2.18. The van der Waals surface area contributed by atoms with Crippen molar-refractivity contribution in [2.45, 2.75) is 26.3 Å². The summed E-state index contributed by atoms with van der Waals surface area (Å²) in [5.74, 6) is 0.665. The van der Waals surface area contributed by atoms with Gasteiger partial charge in [-0.2, -0.15) is 0 Å². The van der Waals surface area contributed by atoms with Crippen molar-refractivity contribution in [3.05, 3.63) is 23.7 Å². The summed E-state index contributed by atoms with van der Waals surface area (Å²) >= 11 is 0. The van der Waals surface area contributed by atoms with Gasteiger partial charge in [-0.1, -0.05) is 0 Å². The number of amides is 2. The maximum absolute atomic E-state index is 11.8. The van der Waals surface area contributed by atoms with Crippen LogP contribution in [0.25, 0.3) is 0 Å². The summed E-state index contributed by atoms with van der Waals surface area (Å²) in [4.78, 5) is 24.3. The number of carbonyl (C=O) groups excluding carboxylic acids is 1. The van der Waals surface area contributed by atoms with E-state index in [-0.39, 0.29) is 12.6 Å². The molecule has 2 N–H and O–H groups in total. The fraction of sp³-hybridized carbons (Fsp3) is 0.538. The topological polar surface area (TPSA) is 82.8 Å². The minimum absolute atomic E-state index is 0.183. The molecule has 2 amide bonds. The predicted octanol–water partition coefficient (Wildman–Crippen LogP) is 1.59. The summed E-state index contributed by atoms with van der Waals surface area (Å²) in [5, 5.41) is 11.7. The van der Waals surface area contributed by atoms with Gasteiger partial charge in [0.05, 0.1) is 12.0 Å². The monoisotopic (exact) mass is 266 g/mol. The molecular weight excluding hydrogens is 248 g/mol. The standard InChI is InChI=1S/C13H18N2O4/c1-9-3-4-10(19-9)7-15(2)12(18)14-8-13(5-6-13)11(16)17/h3-4H,5-8H2,1-2H3,(H,14,18)(H,16,17). The van der Waals surface area contributed by atoms with Crippen LogP contribution in [-0.4, -0.2) is 35.6 Å². The molecule has 0 radical (unpaired) electrons. The second-order valence-corrected chi connectivity index (χ2v) is 5.11. The van der Waals surface area contributed by atoms with E-state index in [1.165, 1.54) is 4.90 Å². The van der Waals surface area contributed by atoms with Gasteiger partial charge in [0.1, 0.15) is 11.5 Å². The lowest BCUT2D eigenvalue weighted by molar-refractivity contribution is -0.143. The molecule has 1 aromatic rings. The molecule has 19 heavy (non-hydrogen) atoms. The first-order valence-corrected chi connectivity index (χ1v) is 6.21. The van der Waals surface area contributed by atoms with Crippen molar-refractivity contribution in [3.63, 3.8) is 0 Å². The lowest BCUT2D eigenvalue weighted by Crippen LogP contribution is -2.41. The van der Waals surface area contributed by atoms with Crippen LogP contribution in [0.3, 0.4) is 0 Å². The highest BCUT2D eigenvalue weighted by Gasteiger charge is 2.50. The van der Waals surface area contributed by atoms with Crippen molar-refractivity contribution in [2.24, 2.45) is 5.41 Å². The van der Waals surface area contributed by atoms with Crippen LogP contribution >= 0.6 is 0 Å². The van der Waals surface area contributed by atoms with Crippen LogP contribution in [-0.2, 0) is 11.3 Å². The summed E-state index contributed by atoms with van der Waals surface area (Å²) in [5.41, 5.74) is -0.738. The SMILES string of the molecule is Cc1ccc(CN(C)C(=O)NCC2(C(=O)O)CC2)o1. The fourth-order valence-corrected chi connectivity index (χ4v) is 1.87. The summed E-state index contributed by atoms with van der Waals surface area (Å²) in [6, 6.07) is 3.37. The minimum Gasteiger partial charge on any atom is -0.481 e. The molecular formula is C13H18N2O4. The molecule has 0 aliphatic heterocycles. The number of aliphatic carboxylic acids is 1. The number of hydrogen-bond acceptors (Lipinski definition) is 3. The molecule has 1 aliphatic rings. The Morgan fingerprint density at radius 3 is 2.63 bits per heavy atom. The normalized spacial score (nSPS) is 15.9. The zero-order chi connectivity index (χ0) is 14.0. The zero-order valence-electron chi connectivity index (χ0n) is 11.1. The second-order valence-electron chi connectivity index (χ2n) is 5.11. The lowest BCUT2D eigenvalue weighted by atomic mass is 10.1. The van der Waals surface area contributed by atoms with Gasteiger partial charge in [0, 0.05) is 13.6 Å². The number of rotatable bonds is 5. The van der Waals surface area contributed by atoms with Gasteiger partial charge in [-0.3, -0.25) is 4.79 Å². The molecule has 0 saturated heterocycles. The Bertz CT molecular complexity index is 491. The second kappa shape index (κ2) is 4.95. The Kier molecular flexibility index (Phi) is 3.50. The Balaban J connectivity index is 1.81. The molecule has 0 unspecified atom stereocenters. The fourth-order valence-electron chi connectivity index (χ4n) is 1.87. The third kappa shape index (κ3) is 3.07. The largest absolute Gasteiger partial charge is 0.481 e. The van der Waals surface area contributed by atoms with Crippen LogP contribution < -0.4 is 5.32 Å². The maximum atomic E-state index is 11.8. The molecule has 0 spiro atoms. The number of carbonyl (C=O) groups is 2. The van der Waals surface area contributed by atoms with Crippen molar-refractivity contribution in [1.29, 1.82) is 0 Å². The molecule has 6 heteroatoms. The average molecular weight is 266 g/mol. The highest BCUT2D eigenvalue weighted by Crippen LogP contribution is 2.45. The quantitative estimate of drug-likeness (QED) is 0.847. The number of furan rings is 1. The highest BCUT2D eigenvalue weighted by atomic mass is 16.4. The molecule has 0 aromatic carbocycles. The van der Waals surface area contributed by atoms with E-state index in [2.05, 4.69) is 5.32 Å². The van der Waals surface area contributed by atoms with Crippen LogP contribution in [0.2, 0.25) is 0 Å². The summed E-state index contributed by atoms with van der Waals surface area (Å²) in [6.07, 6.45) is 1.26. The molecule has 6 nitrogen and oxygen atoms in total. The summed E-state index contributed by atoms with van der Waals surface area (Å²) in [7, 11) is 1.65. The first kappa shape index (κ1) is 13.5. The number of nitrogens with zero attached hydrogens (tertiary/aromatic N) is 1. The Morgan fingerprint density at radius 2 is 2.16 bits per heavy atom. The number of hydrogen-bond donors (Lipinski definition) is 2. The number of carboxylic acid groups (broad SMARTS) is 1. The predicted molar refractivity (Wildman–Crippen MR) is 67.6 cm³/mol. The van der Waals surface area contributed by atoms with E-state index < -0.39 is 11.4 Å². The van der Waals surface area contributed by atoms with Gasteiger partial charge in [-0.15, -0.1) is 0 Å². The van der Waals surface area contributed by atoms with Gasteiger partial charge >= 0.3 is 12.0 Å². The average Bonchev–Trinajstić information content (AvgIpc) is 3.05. The van der Waals surface area contributed by atoms with Crippen molar-refractivity contribution in [2.75, 3.05) is 13.6 Å². The van der Waals surface area contributed by atoms with Crippen LogP contribution in [0.5, 0.6) is 0 Å². The van der Waals surface area contributed by atoms with Gasteiger partial charge in [0.15, 0.2) is 0 Å². The molecule has 2 rings (SSSR count). The highest BCUT2D eigenvalue weighted by molar-refractivity contribution is 5.80. The first-order valence-electron chi connectivity index (χ1n) is 6.21. The van der Waals surface area contributed by atoms with Crippen molar-refractivity contribution in [3.8, 4) is 0 Å². The van der Waals surface area contributed by atoms with Crippen LogP contribution in [0.1, 0.15) is 24.4 Å². The Labute approximate surface area is 111 Å². The molecule has 0 bridgehead atoms. The molecule has 1 aliphatic carbocycles. The number of urea groups is 1. The Hall–Kier alpha value is -1.98. The smallest absolute Gasteiger partial charge is 0.317 e. The van der Waals surface area contributed by atoms with E-state index in [0.29, 0.717) is 25.1 Å². The minimum atomic E-state index is -0.836. The third-order valence-corrected chi connectivity index (χ3v) is 3.42. The van der Waals surface area contributed by atoms with Gasteiger partial charge < -0.3 is 19.7 Å². The molecule has 1 aromatic heterocycles. The van der Waals surface area contributed by atoms with E-state index in [0.717, 1.165) is 5.76 Å². The van der Waals surface area contributed by atoms with Gasteiger partial charge in [-0.25, -0.2) is 4.79 Å². The van der Waals surface area contributed by atoms with Crippen LogP contribution in [0.4, 0.5) is 4.79 Å². The molecule has 1 heterocycles. The number of nitrogens with one attached hydrogen (secondary N) is 1. The van der Waals surface area contributed by atoms with E-state index >= 15 is 0 Å². The van der Waals surface area contributed by atoms with Gasteiger partial charge in [0.2, 0.25) is 0 Å². The number of aryl methyl sites for hydroxylation is 1. The Morgan fingerprint density at radius 1 is 1.47 bits per heavy atom. The van der Waals surface area contributed by atoms with Crippen LogP contribution in [0, 0.1) is 12.3 Å². The van der Waals surface area contributed by atoms with E-state index in [9.17, 15) is 9.59 Å². The van der Waals surface area contributed by atoms with E-state index in [1.807, 2.05) is 19.1 Å². The van der Waals surface area contributed by atoms with E-state index in [1.54, 1.807) is 7.05 Å². The molecule has 1 saturated carbocycles. The molecule has 1 fully saturated rings. The summed E-state index contributed by atoms with van der Waals surface area (Å²) < 4.78 is 5.38. The zero-order valence-corrected chi connectivity index (χ0v) is 11.1. The van der Waals surface area contributed by atoms with Crippen molar-refractivity contribution < 1.29 is 19.1 Å². The molecule has 0 atom stereocenters. The van der Waals surface area contributed by atoms with Crippen LogP contribution in [0.15, 0.2) is 16.5 Å². The number of carboxylic acids is 1.